The summed E-state index contributed by atoms with van der Waals surface area (Å²) in [7, 11) is 1.91. The van der Waals surface area contributed by atoms with Crippen LogP contribution in [-0.4, -0.2) is 32.3 Å². The topological polar surface area (TPSA) is 64.2 Å². The molecule has 1 fully saturated rings. The van der Waals surface area contributed by atoms with Crippen molar-refractivity contribution in [1.29, 1.82) is 0 Å². The highest BCUT2D eigenvalue weighted by atomic mass is 16.5. The number of hydrogen-bond acceptors (Lipinski definition) is 4. The zero-order valence-electron chi connectivity index (χ0n) is 15.6. The normalized spacial score (nSPS) is 20.4. The molecule has 0 bridgehead atoms. The Bertz CT molecular complexity index is 1010. The van der Waals surface area contributed by atoms with Crippen molar-refractivity contribution >= 4 is 5.91 Å². The largest absolute Gasteiger partial charge is 0.360 e. The molecule has 1 aliphatic carbocycles. The summed E-state index contributed by atoms with van der Waals surface area (Å²) in [4.78, 5) is 15.0. The lowest BCUT2D eigenvalue weighted by atomic mass is 9.86. The highest BCUT2D eigenvalue weighted by Gasteiger charge is 2.43. The maximum Gasteiger partial charge on any atom is 0.276 e. The number of nitrogens with zero attached hydrogens (tertiary/aromatic N) is 4. The number of carbonyl (C=O) groups is 1. The summed E-state index contributed by atoms with van der Waals surface area (Å²) in [6, 6.07) is 10.2. The molecule has 0 radical (unpaired) electrons. The van der Waals surface area contributed by atoms with Gasteiger partial charge in [0, 0.05) is 43.7 Å². The summed E-state index contributed by atoms with van der Waals surface area (Å²) in [5.41, 5.74) is 4.03. The molecule has 27 heavy (non-hydrogen) atoms. The van der Waals surface area contributed by atoms with Crippen molar-refractivity contribution in [2.75, 3.05) is 6.54 Å². The van der Waals surface area contributed by atoms with Crippen molar-refractivity contribution in [3.05, 3.63) is 70.9 Å². The number of benzene rings is 1. The Morgan fingerprint density at radius 2 is 2.11 bits per heavy atom. The third-order valence-corrected chi connectivity index (χ3v) is 5.93. The van der Waals surface area contributed by atoms with Crippen LogP contribution in [0.4, 0.5) is 0 Å². The quantitative estimate of drug-likeness (QED) is 0.717. The van der Waals surface area contributed by atoms with Crippen LogP contribution < -0.4 is 0 Å². The van der Waals surface area contributed by atoms with Gasteiger partial charge in [-0.2, -0.15) is 5.10 Å². The first-order chi connectivity index (χ1) is 13.0. The van der Waals surface area contributed by atoms with E-state index in [1.165, 1.54) is 11.1 Å². The monoisotopic (exact) mass is 362 g/mol. The Hall–Kier alpha value is -2.89. The summed E-state index contributed by atoms with van der Waals surface area (Å²) < 4.78 is 7.28. The van der Waals surface area contributed by atoms with Crippen molar-refractivity contribution < 1.29 is 9.32 Å². The molecule has 0 saturated heterocycles. The lowest BCUT2D eigenvalue weighted by Crippen LogP contribution is -2.38. The lowest BCUT2D eigenvalue weighted by molar-refractivity contribution is 0.0714. The smallest absolute Gasteiger partial charge is 0.276 e. The Labute approximate surface area is 157 Å². The van der Waals surface area contributed by atoms with Crippen LogP contribution in [0.3, 0.4) is 0 Å². The van der Waals surface area contributed by atoms with Crippen molar-refractivity contribution in [1.82, 2.24) is 19.8 Å². The molecule has 2 aromatic heterocycles. The molecule has 2 aliphatic rings. The molecule has 1 amide bonds. The van der Waals surface area contributed by atoms with Crippen LogP contribution in [0.25, 0.3) is 0 Å². The number of rotatable bonds is 3. The first-order valence-electron chi connectivity index (χ1n) is 9.36. The predicted molar refractivity (Wildman–Crippen MR) is 99.3 cm³/mol. The van der Waals surface area contributed by atoms with E-state index in [4.69, 9.17) is 4.52 Å². The highest BCUT2D eigenvalue weighted by Crippen LogP contribution is 2.47. The summed E-state index contributed by atoms with van der Waals surface area (Å²) in [6.45, 7) is 3.35. The fraction of sp³-hybridized carbons (Fsp3) is 0.381. The third kappa shape index (κ3) is 2.76. The fourth-order valence-corrected chi connectivity index (χ4v) is 3.92. The minimum absolute atomic E-state index is 0.0677. The molecular weight excluding hydrogens is 340 g/mol. The Balaban J connectivity index is 1.47. The average molecular weight is 362 g/mol. The number of fused-ring (bicyclic) bond motifs is 1. The second-order valence-electron chi connectivity index (χ2n) is 8.02. The van der Waals surface area contributed by atoms with Crippen molar-refractivity contribution in [3.8, 4) is 0 Å². The molecule has 1 unspecified atom stereocenters. The molecule has 6 heteroatoms. The molecule has 6 nitrogen and oxygen atoms in total. The van der Waals surface area contributed by atoms with Gasteiger partial charge in [0.15, 0.2) is 5.69 Å². The summed E-state index contributed by atoms with van der Waals surface area (Å²) in [5, 5.41) is 8.39. The lowest BCUT2D eigenvalue weighted by Gasteiger charge is -2.34. The average Bonchev–Trinajstić information content (AvgIpc) is 3.09. The van der Waals surface area contributed by atoms with E-state index in [1.807, 2.05) is 36.5 Å². The zero-order valence-corrected chi connectivity index (χ0v) is 15.6. The maximum absolute atomic E-state index is 13.1. The number of amides is 1. The highest BCUT2D eigenvalue weighted by molar-refractivity contribution is 5.92. The SMILES string of the molecule is Cn1cc(C2CN(C(=O)c3cc(C4(C)CC4)on3)Cc3ccccc32)cn1. The zero-order chi connectivity index (χ0) is 18.6. The van der Waals surface area contributed by atoms with Crippen LogP contribution in [-0.2, 0) is 19.0 Å². The van der Waals surface area contributed by atoms with E-state index in [-0.39, 0.29) is 17.2 Å². The number of aromatic nitrogens is 3. The first-order valence-corrected chi connectivity index (χ1v) is 9.36. The number of hydrogen-bond donors (Lipinski definition) is 0. The van der Waals surface area contributed by atoms with Crippen LogP contribution in [0.5, 0.6) is 0 Å². The molecule has 1 saturated carbocycles. The van der Waals surface area contributed by atoms with Gasteiger partial charge in [-0.15, -0.1) is 0 Å². The van der Waals surface area contributed by atoms with Gasteiger partial charge in [-0.1, -0.05) is 36.3 Å². The van der Waals surface area contributed by atoms with Gasteiger partial charge in [0.2, 0.25) is 0 Å². The first kappa shape index (κ1) is 16.3. The van der Waals surface area contributed by atoms with Gasteiger partial charge in [0.05, 0.1) is 6.20 Å². The Kier molecular flexibility index (Phi) is 3.50. The molecule has 0 N–H and O–H groups in total. The van der Waals surface area contributed by atoms with Crippen molar-refractivity contribution in [3.63, 3.8) is 0 Å². The molecule has 1 aromatic carbocycles. The molecule has 5 rings (SSSR count). The maximum atomic E-state index is 13.1. The molecule has 3 heterocycles. The van der Waals surface area contributed by atoms with Gasteiger partial charge in [-0.3, -0.25) is 9.48 Å². The van der Waals surface area contributed by atoms with E-state index < -0.39 is 0 Å². The molecular formula is C21H22N4O2. The summed E-state index contributed by atoms with van der Waals surface area (Å²) in [6.07, 6.45) is 6.10. The van der Waals surface area contributed by atoms with Crippen molar-refractivity contribution in [2.24, 2.45) is 7.05 Å². The molecule has 3 aromatic rings. The Morgan fingerprint density at radius 3 is 2.85 bits per heavy atom. The van der Waals surface area contributed by atoms with E-state index >= 15 is 0 Å². The van der Waals surface area contributed by atoms with E-state index in [1.54, 1.807) is 4.68 Å². The van der Waals surface area contributed by atoms with Gasteiger partial charge in [-0.05, 0) is 29.5 Å². The number of carbonyl (C=O) groups excluding carboxylic acids is 1. The van der Waals surface area contributed by atoms with Gasteiger partial charge in [0.1, 0.15) is 5.76 Å². The third-order valence-electron chi connectivity index (χ3n) is 5.93. The second kappa shape index (κ2) is 5.81. The van der Waals surface area contributed by atoms with Crippen molar-refractivity contribution in [2.45, 2.75) is 37.6 Å². The predicted octanol–water partition coefficient (Wildman–Crippen LogP) is 3.25. The van der Waals surface area contributed by atoms with E-state index in [2.05, 4.69) is 35.4 Å². The van der Waals surface area contributed by atoms with Crippen LogP contribution >= 0.6 is 0 Å². The van der Waals surface area contributed by atoms with Crippen LogP contribution in [0.2, 0.25) is 0 Å². The molecule has 1 atom stereocenters. The van der Waals surface area contributed by atoms with Crippen LogP contribution in [0.1, 0.15) is 58.6 Å². The van der Waals surface area contributed by atoms with Gasteiger partial charge < -0.3 is 9.42 Å². The van der Waals surface area contributed by atoms with Gasteiger partial charge in [0.25, 0.3) is 5.91 Å². The van der Waals surface area contributed by atoms with E-state index in [9.17, 15) is 4.79 Å². The van der Waals surface area contributed by atoms with Crippen LogP contribution in [0, 0.1) is 0 Å². The van der Waals surface area contributed by atoms with Gasteiger partial charge >= 0.3 is 0 Å². The van der Waals surface area contributed by atoms with Gasteiger partial charge in [-0.25, -0.2) is 0 Å². The standard InChI is InChI=1S/C21H22N4O2/c1-21(7-8-21)19-9-18(23-27-19)20(26)25-12-14-5-3-4-6-16(14)17(13-25)15-10-22-24(2)11-15/h3-6,9-11,17H,7-8,12-13H2,1-2H3. The fourth-order valence-electron chi connectivity index (χ4n) is 3.92. The van der Waals surface area contributed by atoms with Crippen LogP contribution in [0.15, 0.2) is 47.2 Å². The summed E-state index contributed by atoms with van der Waals surface area (Å²) in [5.74, 6) is 0.865. The Morgan fingerprint density at radius 1 is 1.30 bits per heavy atom. The molecule has 0 spiro atoms. The molecule has 138 valence electrons. The van der Waals surface area contributed by atoms with E-state index in [0.717, 1.165) is 24.2 Å². The summed E-state index contributed by atoms with van der Waals surface area (Å²) >= 11 is 0. The second-order valence-corrected chi connectivity index (χ2v) is 8.02. The number of aryl methyl sites for hydroxylation is 1. The van der Waals surface area contributed by atoms with E-state index in [0.29, 0.717) is 18.8 Å². The molecule has 1 aliphatic heterocycles. The minimum atomic E-state index is -0.0716. The minimum Gasteiger partial charge on any atom is -0.360 e.